The summed E-state index contributed by atoms with van der Waals surface area (Å²) in [6, 6.07) is -0.289. The zero-order chi connectivity index (χ0) is 11.7. The highest BCUT2D eigenvalue weighted by Crippen LogP contribution is 1.89. The molecule has 0 spiro atoms. The highest BCUT2D eigenvalue weighted by atomic mass is 16.5. The molecular weight excluding hydrogens is 196 g/mol. The Bertz CT molecular complexity index is 176. The Morgan fingerprint density at radius 2 is 2.20 bits per heavy atom. The van der Waals surface area contributed by atoms with E-state index in [2.05, 4.69) is 10.6 Å². The Morgan fingerprint density at radius 1 is 1.53 bits per heavy atom. The van der Waals surface area contributed by atoms with Gasteiger partial charge in [0.05, 0.1) is 18.8 Å². The molecule has 3 N–H and O–H groups in total. The van der Waals surface area contributed by atoms with Crippen LogP contribution in [0.1, 0.15) is 20.3 Å². The van der Waals surface area contributed by atoms with Gasteiger partial charge in [0, 0.05) is 20.2 Å². The minimum absolute atomic E-state index is 0.0737. The first-order valence-corrected chi connectivity index (χ1v) is 5.29. The largest absolute Gasteiger partial charge is 0.392 e. The molecule has 0 aliphatic heterocycles. The number of ether oxygens (including phenoxy) is 1. The van der Waals surface area contributed by atoms with E-state index in [1.165, 1.54) is 0 Å². The van der Waals surface area contributed by atoms with Gasteiger partial charge in [0.25, 0.3) is 0 Å². The fraction of sp³-hybridized carbons (Fsp3) is 0.900. The predicted octanol–water partition coefficient (Wildman–Crippen LogP) is -0.502. The molecule has 0 radical (unpaired) electrons. The molecule has 0 aromatic carbocycles. The number of amides is 1. The Balaban J connectivity index is 3.60. The van der Waals surface area contributed by atoms with Gasteiger partial charge in [-0.3, -0.25) is 4.79 Å². The van der Waals surface area contributed by atoms with Crippen LogP contribution in [0.4, 0.5) is 0 Å². The number of carbonyl (C=O) groups excluding carboxylic acids is 1. The van der Waals surface area contributed by atoms with Gasteiger partial charge in [0.15, 0.2) is 0 Å². The first-order chi connectivity index (χ1) is 7.11. The van der Waals surface area contributed by atoms with Crippen molar-refractivity contribution in [3.8, 4) is 0 Å². The molecule has 0 bridgehead atoms. The smallest absolute Gasteiger partial charge is 0.236 e. The van der Waals surface area contributed by atoms with E-state index in [0.717, 1.165) is 0 Å². The SMILES string of the molecule is CCC(O)CNC(C)C(=O)NCCOC. The quantitative estimate of drug-likeness (QED) is 0.480. The lowest BCUT2D eigenvalue weighted by molar-refractivity contribution is -0.123. The van der Waals surface area contributed by atoms with E-state index < -0.39 is 0 Å². The molecule has 15 heavy (non-hydrogen) atoms. The number of nitrogens with one attached hydrogen (secondary N) is 2. The number of aliphatic hydroxyl groups excluding tert-OH is 1. The van der Waals surface area contributed by atoms with E-state index in [-0.39, 0.29) is 18.1 Å². The number of aliphatic hydroxyl groups is 1. The third kappa shape index (κ3) is 7.30. The maximum Gasteiger partial charge on any atom is 0.236 e. The van der Waals surface area contributed by atoms with Crippen molar-refractivity contribution >= 4 is 5.91 Å². The molecule has 90 valence electrons. The molecule has 2 unspecified atom stereocenters. The second-order valence-corrected chi connectivity index (χ2v) is 3.48. The van der Waals surface area contributed by atoms with Gasteiger partial charge in [-0.2, -0.15) is 0 Å². The highest BCUT2D eigenvalue weighted by Gasteiger charge is 2.12. The van der Waals surface area contributed by atoms with Crippen LogP contribution in [0.25, 0.3) is 0 Å². The normalized spacial score (nSPS) is 14.7. The van der Waals surface area contributed by atoms with Crippen molar-refractivity contribution < 1.29 is 14.6 Å². The third-order valence-electron chi connectivity index (χ3n) is 2.13. The predicted molar refractivity (Wildman–Crippen MR) is 58.6 cm³/mol. The van der Waals surface area contributed by atoms with E-state index in [1.807, 2.05) is 6.92 Å². The number of methoxy groups -OCH3 is 1. The number of carbonyl (C=O) groups is 1. The van der Waals surface area contributed by atoms with Crippen LogP contribution in [0.2, 0.25) is 0 Å². The first-order valence-electron chi connectivity index (χ1n) is 5.29. The Morgan fingerprint density at radius 3 is 2.73 bits per heavy atom. The minimum atomic E-state index is -0.390. The summed E-state index contributed by atoms with van der Waals surface area (Å²) in [7, 11) is 1.59. The van der Waals surface area contributed by atoms with Crippen LogP contribution in [-0.2, 0) is 9.53 Å². The summed E-state index contributed by atoms with van der Waals surface area (Å²) in [4.78, 5) is 11.4. The minimum Gasteiger partial charge on any atom is -0.392 e. The summed E-state index contributed by atoms with van der Waals surface area (Å²) in [6.45, 7) is 5.13. The fourth-order valence-corrected chi connectivity index (χ4v) is 0.979. The van der Waals surface area contributed by atoms with Crippen molar-refractivity contribution in [2.75, 3.05) is 26.8 Å². The van der Waals surface area contributed by atoms with Gasteiger partial charge < -0.3 is 20.5 Å². The maximum absolute atomic E-state index is 11.4. The van der Waals surface area contributed by atoms with Crippen LogP contribution < -0.4 is 10.6 Å². The van der Waals surface area contributed by atoms with Crippen LogP contribution in [-0.4, -0.2) is 50.0 Å². The number of hydrogen-bond donors (Lipinski definition) is 3. The van der Waals surface area contributed by atoms with E-state index >= 15 is 0 Å². The highest BCUT2D eigenvalue weighted by molar-refractivity contribution is 5.81. The molecule has 0 saturated heterocycles. The zero-order valence-corrected chi connectivity index (χ0v) is 9.75. The molecular formula is C10H22N2O3. The monoisotopic (exact) mass is 218 g/mol. The average Bonchev–Trinajstić information content (AvgIpc) is 2.25. The van der Waals surface area contributed by atoms with Crippen molar-refractivity contribution in [2.24, 2.45) is 0 Å². The van der Waals surface area contributed by atoms with Gasteiger partial charge in [-0.15, -0.1) is 0 Å². The summed E-state index contributed by atoms with van der Waals surface area (Å²) < 4.78 is 4.81. The molecule has 0 rings (SSSR count). The van der Waals surface area contributed by atoms with Gasteiger partial charge in [0.2, 0.25) is 5.91 Å². The molecule has 0 aromatic rings. The summed E-state index contributed by atoms with van der Waals surface area (Å²) >= 11 is 0. The lowest BCUT2D eigenvalue weighted by Crippen LogP contribution is -2.45. The van der Waals surface area contributed by atoms with E-state index in [1.54, 1.807) is 14.0 Å². The van der Waals surface area contributed by atoms with E-state index in [0.29, 0.717) is 26.1 Å². The van der Waals surface area contributed by atoms with Crippen molar-refractivity contribution in [1.29, 1.82) is 0 Å². The summed E-state index contributed by atoms with van der Waals surface area (Å²) in [5.41, 5.74) is 0. The molecule has 0 heterocycles. The zero-order valence-electron chi connectivity index (χ0n) is 9.75. The molecule has 0 fully saturated rings. The lowest BCUT2D eigenvalue weighted by atomic mass is 10.2. The van der Waals surface area contributed by atoms with Gasteiger partial charge in [0.1, 0.15) is 0 Å². The molecule has 0 aliphatic carbocycles. The van der Waals surface area contributed by atoms with Crippen LogP contribution in [0, 0.1) is 0 Å². The van der Waals surface area contributed by atoms with Crippen LogP contribution in [0.3, 0.4) is 0 Å². The van der Waals surface area contributed by atoms with Crippen LogP contribution in [0.15, 0.2) is 0 Å². The first kappa shape index (κ1) is 14.3. The molecule has 5 nitrogen and oxygen atoms in total. The van der Waals surface area contributed by atoms with E-state index in [4.69, 9.17) is 4.74 Å². The Labute approximate surface area is 91.2 Å². The van der Waals surface area contributed by atoms with Gasteiger partial charge in [-0.25, -0.2) is 0 Å². The summed E-state index contributed by atoms with van der Waals surface area (Å²) in [5, 5.41) is 15.0. The van der Waals surface area contributed by atoms with Crippen molar-refractivity contribution in [1.82, 2.24) is 10.6 Å². The van der Waals surface area contributed by atoms with Crippen LogP contribution in [0.5, 0.6) is 0 Å². The van der Waals surface area contributed by atoms with Crippen LogP contribution >= 0.6 is 0 Å². The molecule has 0 aliphatic rings. The second-order valence-electron chi connectivity index (χ2n) is 3.48. The summed E-state index contributed by atoms with van der Waals surface area (Å²) in [6.07, 6.45) is 0.296. The lowest BCUT2D eigenvalue weighted by Gasteiger charge is -2.15. The standard InChI is InChI=1S/C10H22N2O3/c1-4-9(13)7-12-8(2)10(14)11-5-6-15-3/h8-9,12-13H,4-7H2,1-3H3,(H,11,14). The van der Waals surface area contributed by atoms with Crippen molar-refractivity contribution in [2.45, 2.75) is 32.4 Å². The number of rotatable bonds is 8. The third-order valence-corrected chi connectivity index (χ3v) is 2.13. The second kappa shape index (κ2) is 8.64. The Hall–Kier alpha value is -0.650. The molecule has 2 atom stereocenters. The topological polar surface area (TPSA) is 70.6 Å². The summed E-state index contributed by atoms with van der Waals surface area (Å²) in [5.74, 6) is -0.0737. The van der Waals surface area contributed by atoms with Gasteiger partial charge in [-0.1, -0.05) is 6.92 Å². The van der Waals surface area contributed by atoms with Crippen molar-refractivity contribution in [3.63, 3.8) is 0 Å². The molecule has 5 heteroatoms. The van der Waals surface area contributed by atoms with Crippen molar-refractivity contribution in [3.05, 3.63) is 0 Å². The maximum atomic E-state index is 11.4. The molecule has 0 aromatic heterocycles. The van der Waals surface area contributed by atoms with Gasteiger partial charge in [-0.05, 0) is 13.3 Å². The Kier molecular flexibility index (Phi) is 8.27. The fourth-order valence-electron chi connectivity index (χ4n) is 0.979. The molecule has 0 saturated carbocycles. The number of hydrogen-bond acceptors (Lipinski definition) is 4. The molecule has 1 amide bonds. The van der Waals surface area contributed by atoms with E-state index in [9.17, 15) is 9.90 Å². The van der Waals surface area contributed by atoms with Gasteiger partial charge >= 0.3 is 0 Å². The average molecular weight is 218 g/mol.